The molecule has 5 nitrogen and oxygen atoms in total. The maximum Gasteiger partial charge on any atom is 0.328 e. The van der Waals surface area contributed by atoms with Crippen molar-refractivity contribution in [1.82, 2.24) is 5.32 Å². The van der Waals surface area contributed by atoms with Crippen LogP contribution in [0.4, 0.5) is 0 Å². The Labute approximate surface area is 118 Å². The highest BCUT2D eigenvalue weighted by Crippen LogP contribution is 2.07. The van der Waals surface area contributed by atoms with E-state index in [-0.39, 0.29) is 11.7 Å². The summed E-state index contributed by atoms with van der Waals surface area (Å²) in [5.74, 6) is -0.875. The molecule has 0 heterocycles. The summed E-state index contributed by atoms with van der Waals surface area (Å²) in [4.78, 5) is 34.7. The number of hydrogen-bond donors (Lipinski definition) is 1. The van der Waals surface area contributed by atoms with Crippen molar-refractivity contribution in [2.24, 2.45) is 0 Å². The number of ketones is 1. The molecule has 0 aliphatic carbocycles. The van der Waals surface area contributed by atoms with E-state index in [2.05, 4.69) is 10.1 Å². The van der Waals surface area contributed by atoms with Gasteiger partial charge in [0.25, 0.3) is 5.91 Å². The number of rotatable bonds is 6. The Bertz CT molecular complexity index is 493. The summed E-state index contributed by atoms with van der Waals surface area (Å²) in [6.45, 7) is 3.38. The second-order valence-corrected chi connectivity index (χ2v) is 4.47. The normalized spacial score (nSPS) is 11.6. The molecular formula is C15H19NO4. The lowest BCUT2D eigenvalue weighted by Crippen LogP contribution is -2.41. The zero-order valence-electron chi connectivity index (χ0n) is 11.9. The van der Waals surface area contributed by atoms with E-state index in [1.54, 1.807) is 24.3 Å². The number of Topliss-reactive ketones (excluding diaryl/α,β-unsaturated/α-hetero) is 1. The highest BCUT2D eigenvalue weighted by atomic mass is 16.5. The topological polar surface area (TPSA) is 72.5 Å². The van der Waals surface area contributed by atoms with Crippen molar-refractivity contribution >= 4 is 17.7 Å². The maximum absolute atomic E-state index is 12.0. The van der Waals surface area contributed by atoms with Gasteiger partial charge in [0.1, 0.15) is 6.04 Å². The van der Waals surface area contributed by atoms with Crippen LogP contribution in [0.15, 0.2) is 24.3 Å². The SMILES string of the molecule is CCCC(NC(=O)c1ccc(C(C)=O)cc1)C(=O)OC. The van der Waals surface area contributed by atoms with E-state index in [1.807, 2.05) is 6.92 Å². The minimum atomic E-state index is -0.648. The monoisotopic (exact) mass is 277 g/mol. The van der Waals surface area contributed by atoms with Crippen LogP contribution in [-0.4, -0.2) is 30.8 Å². The van der Waals surface area contributed by atoms with Crippen LogP contribution >= 0.6 is 0 Å². The fourth-order valence-electron chi connectivity index (χ4n) is 1.78. The van der Waals surface area contributed by atoms with Crippen LogP contribution in [0.5, 0.6) is 0 Å². The molecule has 0 bridgehead atoms. The lowest BCUT2D eigenvalue weighted by Gasteiger charge is -2.15. The Morgan fingerprint density at radius 1 is 1.15 bits per heavy atom. The molecule has 20 heavy (non-hydrogen) atoms. The first-order chi connectivity index (χ1) is 9.49. The van der Waals surface area contributed by atoms with Gasteiger partial charge in [-0.2, -0.15) is 0 Å². The van der Waals surface area contributed by atoms with Crippen molar-refractivity contribution in [3.05, 3.63) is 35.4 Å². The molecule has 1 amide bonds. The van der Waals surface area contributed by atoms with E-state index in [9.17, 15) is 14.4 Å². The first kappa shape index (κ1) is 15.9. The minimum absolute atomic E-state index is 0.0598. The van der Waals surface area contributed by atoms with Crippen molar-refractivity contribution in [3.8, 4) is 0 Å². The van der Waals surface area contributed by atoms with Gasteiger partial charge >= 0.3 is 5.97 Å². The first-order valence-electron chi connectivity index (χ1n) is 6.49. The average molecular weight is 277 g/mol. The Hall–Kier alpha value is -2.17. The lowest BCUT2D eigenvalue weighted by molar-refractivity contribution is -0.143. The standard InChI is InChI=1S/C15H19NO4/c1-4-5-13(15(19)20-3)16-14(18)12-8-6-11(7-9-12)10(2)17/h6-9,13H,4-5H2,1-3H3,(H,16,18). The Morgan fingerprint density at radius 3 is 2.15 bits per heavy atom. The summed E-state index contributed by atoms with van der Waals surface area (Å²) < 4.78 is 4.65. The van der Waals surface area contributed by atoms with Gasteiger partial charge in [-0.3, -0.25) is 9.59 Å². The summed E-state index contributed by atoms with van der Waals surface area (Å²) in [5.41, 5.74) is 0.944. The molecule has 0 aliphatic heterocycles. The van der Waals surface area contributed by atoms with E-state index >= 15 is 0 Å². The van der Waals surface area contributed by atoms with Crippen molar-refractivity contribution in [3.63, 3.8) is 0 Å². The van der Waals surface area contributed by atoms with Crippen LogP contribution < -0.4 is 5.32 Å². The van der Waals surface area contributed by atoms with Crippen LogP contribution in [0.25, 0.3) is 0 Å². The van der Waals surface area contributed by atoms with Crippen LogP contribution in [0.3, 0.4) is 0 Å². The van der Waals surface area contributed by atoms with Crippen molar-refractivity contribution in [2.75, 3.05) is 7.11 Å². The van der Waals surface area contributed by atoms with Gasteiger partial charge in [0.2, 0.25) is 0 Å². The summed E-state index contributed by atoms with van der Waals surface area (Å²) in [7, 11) is 1.29. The molecule has 1 aromatic carbocycles. The number of methoxy groups -OCH3 is 1. The highest BCUT2D eigenvalue weighted by molar-refractivity contribution is 5.99. The molecule has 0 saturated carbocycles. The van der Waals surface area contributed by atoms with E-state index in [1.165, 1.54) is 14.0 Å². The van der Waals surface area contributed by atoms with Gasteiger partial charge in [0.15, 0.2) is 5.78 Å². The lowest BCUT2D eigenvalue weighted by atomic mass is 10.1. The van der Waals surface area contributed by atoms with Gasteiger partial charge in [-0.05, 0) is 25.5 Å². The number of carbonyl (C=O) groups excluding carboxylic acids is 3. The quantitative estimate of drug-likeness (QED) is 0.637. The third-order valence-electron chi connectivity index (χ3n) is 2.92. The number of hydrogen-bond acceptors (Lipinski definition) is 4. The Balaban J connectivity index is 2.78. The summed E-state index contributed by atoms with van der Waals surface area (Å²) in [6.07, 6.45) is 1.27. The zero-order chi connectivity index (χ0) is 15.1. The van der Waals surface area contributed by atoms with Crippen molar-refractivity contribution in [1.29, 1.82) is 0 Å². The van der Waals surface area contributed by atoms with Crippen LogP contribution in [0.2, 0.25) is 0 Å². The zero-order valence-corrected chi connectivity index (χ0v) is 11.9. The molecule has 5 heteroatoms. The average Bonchev–Trinajstić information content (AvgIpc) is 2.45. The number of esters is 1. The van der Waals surface area contributed by atoms with Gasteiger partial charge in [0.05, 0.1) is 7.11 Å². The molecule has 1 N–H and O–H groups in total. The number of amides is 1. The molecule has 1 atom stereocenters. The van der Waals surface area contributed by atoms with Crippen LogP contribution in [-0.2, 0) is 9.53 Å². The summed E-state index contributed by atoms with van der Waals surface area (Å²) in [6, 6.07) is 5.65. The number of nitrogens with one attached hydrogen (secondary N) is 1. The van der Waals surface area contributed by atoms with Gasteiger partial charge in [-0.15, -0.1) is 0 Å². The second kappa shape index (κ2) is 7.43. The predicted octanol–water partition coefficient (Wildman–Crippen LogP) is 1.96. The maximum atomic E-state index is 12.0. The minimum Gasteiger partial charge on any atom is -0.467 e. The molecule has 1 unspecified atom stereocenters. The third kappa shape index (κ3) is 4.19. The molecule has 0 aliphatic rings. The molecular weight excluding hydrogens is 258 g/mol. The first-order valence-corrected chi connectivity index (χ1v) is 6.49. The van der Waals surface area contributed by atoms with E-state index < -0.39 is 12.0 Å². The highest BCUT2D eigenvalue weighted by Gasteiger charge is 2.21. The Kier molecular flexibility index (Phi) is 5.90. The molecule has 0 aromatic heterocycles. The molecule has 1 rings (SSSR count). The molecule has 0 fully saturated rings. The number of ether oxygens (including phenoxy) is 1. The van der Waals surface area contributed by atoms with Crippen molar-refractivity contribution in [2.45, 2.75) is 32.7 Å². The summed E-state index contributed by atoms with van der Waals surface area (Å²) >= 11 is 0. The predicted molar refractivity (Wildman–Crippen MR) is 74.6 cm³/mol. The van der Waals surface area contributed by atoms with Gasteiger partial charge in [-0.25, -0.2) is 4.79 Å². The number of carbonyl (C=O) groups is 3. The fraction of sp³-hybridized carbons (Fsp3) is 0.400. The van der Waals surface area contributed by atoms with Gasteiger partial charge < -0.3 is 10.1 Å². The molecule has 108 valence electrons. The van der Waals surface area contributed by atoms with Gasteiger partial charge in [0, 0.05) is 11.1 Å². The van der Waals surface area contributed by atoms with E-state index in [4.69, 9.17) is 0 Å². The molecule has 1 aromatic rings. The Morgan fingerprint density at radius 2 is 1.70 bits per heavy atom. The second-order valence-electron chi connectivity index (χ2n) is 4.47. The van der Waals surface area contributed by atoms with Crippen LogP contribution in [0.1, 0.15) is 47.4 Å². The fourth-order valence-corrected chi connectivity index (χ4v) is 1.78. The third-order valence-corrected chi connectivity index (χ3v) is 2.92. The molecule has 0 saturated heterocycles. The van der Waals surface area contributed by atoms with Gasteiger partial charge in [-0.1, -0.05) is 25.5 Å². The number of benzene rings is 1. The smallest absolute Gasteiger partial charge is 0.328 e. The molecule has 0 radical (unpaired) electrons. The van der Waals surface area contributed by atoms with E-state index in [0.717, 1.165) is 6.42 Å². The summed E-state index contributed by atoms with van der Waals surface area (Å²) in [5, 5.41) is 2.64. The molecule has 0 spiro atoms. The van der Waals surface area contributed by atoms with Crippen LogP contribution in [0, 0.1) is 0 Å². The largest absolute Gasteiger partial charge is 0.467 e. The van der Waals surface area contributed by atoms with E-state index in [0.29, 0.717) is 17.5 Å². The van der Waals surface area contributed by atoms with Crippen molar-refractivity contribution < 1.29 is 19.1 Å².